The predicted octanol–water partition coefficient (Wildman–Crippen LogP) is 3.25. The number of rotatable bonds is 9. The maximum atomic E-state index is 10.2. The van der Waals surface area contributed by atoms with E-state index >= 15 is 0 Å². The van der Waals surface area contributed by atoms with Gasteiger partial charge in [-0.25, -0.2) is 0 Å². The number of halogens is 1. The first-order chi connectivity index (χ1) is 9.62. The van der Waals surface area contributed by atoms with Crippen LogP contribution < -0.4 is 0 Å². The monoisotopic (exact) mass is 299 g/mol. The molecule has 0 aliphatic rings. The van der Waals surface area contributed by atoms with Gasteiger partial charge in [0.15, 0.2) is 0 Å². The molecular formula is C16H26ClNO2. The molecule has 0 saturated carbocycles. The Balaban J connectivity index is 2.55. The van der Waals surface area contributed by atoms with E-state index in [1.165, 1.54) is 0 Å². The quantitative estimate of drug-likeness (QED) is 0.736. The zero-order chi connectivity index (χ0) is 15.0. The maximum absolute atomic E-state index is 10.2. The molecule has 0 bridgehead atoms. The lowest BCUT2D eigenvalue weighted by atomic mass is 10.0. The Morgan fingerprint density at radius 2 is 1.70 bits per heavy atom. The van der Waals surface area contributed by atoms with E-state index in [4.69, 9.17) is 11.6 Å². The van der Waals surface area contributed by atoms with Crippen LogP contribution in [-0.4, -0.2) is 40.9 Å². The van der Waals surface area contributed by atoms with E-state index in [1.807, 2.05) is 12.1 Å². The largest absolute Gasteiger partial charge is 0.395 e. The number of aliphatic hydroxyl groups excluding tert-OH is 2. The van der Waals surface area contributed by atoms with E-state index in [0.29, 0.717) is 24.0 Å². The van der Waals surface area contributed by atoms with Gasteiger partial charge in [-0.1, -0.05) is 37.6 Å². The van der Waals surface area contributed by atoms with Crippen molar-refractivity contribution in [2.75, 3.05) is 19.7 Å². The van der Waals surface area contributed by atoms with Crippen molar-refractivity contribution in [1.82, 2.24) is 4.90 Å². The van der Waals surface area contributed by atoms with Crippen LogP contribution in [0.15, 0.2) is 24.3 Å². The molecule has 4 heteroatoms. The molecule has 0 fully saturated rings. The molecule has 20 heavy (non-hydrogen) atoms. The molecule has 0 aliphatic carbocycles. The van der Waals surface area contributed by atoms with Gasteiger partial charge in [0.1, 0.15) is 0 Å². The Kier molecular flexibility index (Phi) is 8.15. The van der Waals surface area contributed by atoms with E-state index in [2.05, 4.69) is 18.7 Å². The second-order valence-electron chi connectivity index (χ2n) is 5.09. The second kappa shape index (κ2) is 9.35. The summed E-state index contributed by atoms with van der Waals surface area (Å²) >= 11 is 5.85. The van der Waals surface area contributed by atoms with E-state index in [0.717, 1.165) is 24.9 Å². The van der Waals surface area contributed by atoms with E-state index in [-0.39, 0.29) is 6.61 Å². The summed E-state index contributed by atoms with van der Waals surface area (Å²) in [5, 5.41) is 20.1. The van der Waals surface area contributed by atoms with Crippen molar-refractivity contribution in [3.8, 4) is 0 Å². The lowest BCUT2D eigenvalue weighted by Gasteiger charge is -2.30. The smallest absolute Gasteiger partial charge is 0.0802 e. The summed E-state index contributed by atoms with van der Waals surface area (Å²) in [5.74, 6) is 0. The van der Waals surface area contributed by atoms with Crippen molar-refractivity contribution in [1.29, 1.82) is 0 Å². The molecule has 114 valence electrons. The van der Waals surface area contributed by atoms with Crippen LogP contribution >= 0.6 is 11.6 Å². The normalized spacial score (nSPS) is 13.2. The molecule has 2 N–H and O–H groups in total. The lowest BCUT2D eigenvalue weighted by Crippen LogP contribution is -2.38. The molecule has 1 atom stereocenters. The van der Waals surface area contributed by atoms with Crippen LogP contribution in [0.5, 0.6) is 0 Å². The molecule has 1 rings (SSSR count). The second-order valence-corrected chi connectivity index (χ2v) is 5.52. The number of nitrogens with zero attached hydrogens (tertiary/aromatic N) is 1. The first-order valence-corrected chi connectivity index (χ1v) is 7.78. The summed E-state index contributed by atoms with van der Waals surface area (Å²) in [4.78, 5) is 2.26. The topological polar surface area (TPSA) is 43.7 Å². The van der Waals surface area contributed by atoms with Gasteiger partial charge in [-0.3, -0.25) is 4.90 Å². The molecule has 0 saturated heterocycles. The molecule has 0 amide bonds. The molecular weight excluding hydrogens is 274 g/mol. The molecule has 0 aromatic heterocycles. The lowest BCUT2D eigenvalue weighted by molar-refractivity contribution is 0.104. The van der Waals surface area contributed by atoms with Crippen molar-refractivity contribution >= 4 is 11.6 Å². The molecule has 3 nitrogen and oxygen atoms in total. The van der Waals surface area contributed by atoms with Gasteiger partial charge in [0, 0.05) is 24.2 Å². The van der Waals surface area contributed by atoms with E-state index in [1.54, 1.807) is 12.1 Å². The average molecular weight is 300 g/mol. The van der Waals surface area contributed by atoms with Gasteiger partial charge < -0.3 is 10.2 Å². The molecule has 1 aromatic rings. The van der Waals surface area contributed by atoms with Gasteiger partial charge in [-0.2, -0.15) is 0 Å². The summed E-state index contributed by atoms with van der Waals surface area (Å²) in [5.41, 5.74) is 0.892. The molecule has 1 aromatic carbocycles. The minimum Gasteiger partial charge on any atom is -0.395 e. The Bertz CT molecular complexity index is 365. The Hall–Kier alpha value is -0.610. The van der Waals surface area contributed by atoms with E-state index in [9.17, 15) is 10.2 Å². The summed E-state index contributed by atoms with van der Waals surface area (Å²) in [6, 6.07) is 7.79. The molecule has 0 heterocycles. The molecule has 1 unspecified atom stereocenters. The van der Waals surface area contributed by atoms with Crippen molar-refractivity contribution in [3.05, 3.63) is 34.9 Å². The van der Waals surface area contributed by atoms with Crippen LogP contribution in [0.3, 0.4) is 0 Å². The third kappa shape index (κ3) is 5.41. The Morgan fingerprint density at radius 1 is 1.10 bits per heavy atom. The Labute approximate surface area is 127 Å². The first kappa shape index (κ1) is 17.4. The maximum Gasteiger partial charge on any atom is 0.0802 e. The standard InChI is InChI=1S/C16H26ClNO2/c1-3-15(4-2)18(11-12-19)10-9-16(20)13-5-7-14(17)8-6-13/h5-8,15-16,19-20H,3-4,9-12H2,1-2H3. The van der Waals surface area contributed by atoms with Gasteiger partial charge in [0.25, 0.3) is 0 Å². The highest BCUT2D eigenvalue weighted by Gasteiger charge is 2.16. The number of hydrogen-bond acceptors (Lipinski definition) is 3. The fraction of sp³-hybridized carbons (Fsp3) is 0.625. The number of hydrogen-bond donors (Lipinski definition) is 2. The van der Waals surface area contributed by atoms with Crippen LogP contribution in [0.2, 0.25) is 5.02 Å². The average Bonchev–Trinajstić information content (AvgIpc) is 2.46. The van der Waals surface area contributed by atoms with Crippen LogP contribution in [-0.2, 0) is 0 Å². The number of aliphatic hydroxyl groups is 2. The molecule has 0 spiro atoms. The van der Waals surface area contributed by atoms with Crippen molar-refractivity contribution in [2.24, 2.45) is 0 Å². The number of benzene rings is 1. The highest BCUT2D eigenvalue weighted by molar-refractivity contribution is 6.30. The van der Waals surface area contributed by atoms with Gasteiger partial charge in [-0.15, -0.1) is 0 Å². The predicted molar refractivity (Wildman–Crippen MR) is 84.1 cm³/mol. The van der Waals surface area contributed by atoms with Gasteiger partial charge in [0.2, 0.25) is 0 Å². The van der Waals surface area contributed by atoms with Crippen molar-refractivity contribution in [2.45, 2.75) is 45.3 Å². The Morgan fingerprint density at radius 3 is 2.20 bits per heavy atom. The van der Waals surface area contributed by atoms with Crippen LogP contribution in [0.1, 0.15) is 44.8 Å². The van der Waals surface area contributed by atoms with E-state index < -0.39 is 6.10 Å². The highest BCUT2D eigenvalue weighted by atomic mass is 35.5. The van der Waals surface area contributed by atoms with Crippen LogP contribution in [0.4, 0.5) is 0 Å². The van der Waals surface area contributed by atoms with Crippen LogP contribution in [0.25, 0.3) is 0 Å². The minimum atomic E-state index is -0.483. The molecule has 0 aliphatic heterocycles. The SMILES string of the molecule is CCC(CC)N(CCO)CCC(O)c1ccc(Cl)cc1. The van der Waals surface area contributed by atoms with Crippen molar-refractivity contribution < 1.29 is 10.2 Å². The zero-order valence-corrected chi connectivity index (χ0v) is 13.2. The highest BCUT2D eigenvalue weighted by Crippen LogP contribution is 2.20. The minimum absolute atomic E-state index is 0.160. The van der Waals surface area contributed by atoms with Gasteiger partial charge >= 0.3 is 0 Å². The van der Waals surface area contributed by atoms with Gasteiger partial charge in [0.05, 0.1) is 12.7 Å². The summed E-state index contributed by atoms with van der Waals surface area (Å²) in [7, 11) is 0. The third-order valence-electron chi connectivity index (χ3n) is 3.79. The third-order valence-corrected chi connectivity index (χ3v) is 4.04. The fourth-order valence-electron chi connectivity index (χ4n) is 2.55. The summed E-state index contributed by atoms with van der Waals surface area (Å²) < 4.78 is 0. The zero-order valence-electron chi connectivity index (χ0n) is 12.4. The van der Waals surface area contributed by atoms with Gasteiger partial charge in [-0.05, 0) is 37.0 Å². The fourth-order valence-corrected chi connectivity index (χ4v) is 2.68. The summed E-state index contributed by atoms with van der Waals surface area (Å²) in [6.07, 6.45) is 2.31. The van der Waals surface area contributed by atoms with Crippen molar-refractivity contribution in [3.63, 3.8) is 0 Å². The molecule has 0 radical (unpaired) electrons. The summed E-state index contributed by atoms with van der Waals surface area (Å²) in [6.45, 7) is 5.94. The van der Waals surface area contributed by atoms with Crippen LogP contribution in [0, 0.1) is 0 Å². The first-order valence-electron chi connectivity index (χ1n) is 7.40.